The van der Waals surface area contributed by atoms with Crippen LogP contribution in [0.1, 0.15) is 11.1 Å². The van der Waals surface area contributed by atoms with Crippen LogP contribution in [0.4, 0.5) is 0 Å². The van der Waals surface area contributed by atoms with E-state index in [2.05, 4.69) is 42.1 Å². The molecule has 0 atom stereocenters. The Balaban J connectivity index is 2.06. The molecule has 17 heavy (non-hydrogen) atoms. The van der Waals surface area contributed by atoms with Crippen molar-refractivity contribution in [1.82, 2.24) is 9.80 Å². The first-order valence-electron chi connectivity index (χ1n) is 6.22. The van der Waals surface area contributed by atoms with Crippen LogP contribution in [0.25, 0.3) is 0 Å². The van der Waals surface area contributed by atoms with Crippen LogP contribution >= 0.6 is 0 Å². The number of methoxy groups -OCH3 is 1. The number of likely N-dealkylation sites (N-methyl/N-ethyl adjacent to an activating group) is 1. The topological polar surface area (TPSA) is 15.7 Å². The number of nitrogens with zero attached hydrogens (tertiary/aromatic N) is 2. The zero-order chi connectivity index (χ0) is 12.3. The van der Waals surface area contributed by atoms with E-state index < -0.39 is 0 Å². The molecular weight excluding hydrogens is 212 g/mol. The summed E-state index contributed by atoms with van der Waals surface area (Å²) < 4.78 is 5.45. The maximum absolute atomic E-state index is 5.45. The molecule has 0 radical (unpaired) electrons. The molecule has 94 valence electrons. The van der Waals surface area contributed by atoms with Crippen LogP contribution in [0.2, 0.25) is 0 Å². The quantitative estimate of drug-likeness (QED) is 0.787. The Hall–Kier alpha value is -1.06. The highest BCUT2D eigenvalue weighted by atomic mass is 16.5. The third-order valence-electron chi connectivity index (χ3n) is 3.39. The van der Waals surface area contributed by atoms with Crippen molar-refractivity contribution >= 4 is 0 Å². The summed E-state index contributed by atoms with van der Waals surface area (Å²) in [5, 5.41) is 0. The lowest BCUT2D eigenvalue weighted by Gasteiger charge is -2.30. The van der Waals surface area contributed by atoms with Crippen molar-refractivity contribution in [2.24, 2.45) is 0 Å². The molecule has 0 unspecified atom stereocenters. The van der Waals surface area contributed by atoms with Gasteiger partial charge in [0.1, 0.15) is 5.75 Å². The number of hydrogen-bond acceptors (Lipinski definition) is 3. The molecule has 1 heterocycles. The zero-order valence-electron chi connectivity index (χ0n) is 11.1. The molecule has 2 rings (SSSR count). The Morgan fingerprint density at radius 3 is 2.88 bits per heavy atom. The minimum Gasteiger partial charge on any atom is -0.496 e. The number of benzene rings is 1. The molecule has 1 aromatic carbocycles. The molecule has 0 N–H and O–H groups in total. The SMILES string of the molecule is COc1cccc2c1CN(CCN(C)C)CC2. The first-order chi connectivity index (χ1) is 8.20. The summed E-state index contributed by atoms with van der Waals surface area (Å²) in [7, 11) is 6.01. The fourth-order valence-electron chi connectivity index (χ4n) is 2.33. The van der Waals surface area contributed by atoms with Gasteiger partial charge in [0.05, 0.1) is 7.11 Å². The van der Waals surface area contributed by atoms with E-state index >= 15 is 0 Å². The summed E-state index contributed by atoms with van der Waals surface area (Å²) in [6.07, 6.45) is 1.14. The molecule has 1 aromatic rings. The molecule has 0 fully saturated rings. The van der Waals surface area contributed by atoms with Gasteiger partial charge in [-0.15, -0.1) is 0 Å². The Morgan fingerprint density at radius 1 is 1.35 bits per heavy atom. The van der Waals surface area contributed by atoms with Crippen molar-refractivity contribution in [2.45, 2.75) is 13.0 Å². The summed E-state index contributed by atoms with van der Waals surface area (Å²) in [5.74, 6) is 1.04. The van der Waals surface area contributed by atoms with Crippen molar-refractivity contribution in [3.05, 3.63) is 29.3 Å². The van der Waals surface area contributed by atoms with E-state index in [9.17, 15) is 0 Å². The molecule has 3 heteroatoms. The highest BCUT2D eigenvalue weighted by Gasteiger charge is 2.18. The fraction of sp³-hybridized carbons (Fsp3) is 0.571. The van der Waals surface area contributed by atoms with Crippen molar-refractivity contribution in [2.75, 3.05) is 40.8 Å². The molecule has 1 aliphatic rings. The smallest absolute Gasteiger partial charge is 0.123 e. The lowest BCUT2D eigenvalue weighted by molar-refractivity contribution is 0.221. The summed E-state index contributed by atoms with van der Waals surface area (Å²) in [5.41, 5.74) is 2.82. The predicted octanol–water partition coefficient (Wildman–Crippen LogP) is 1.61. The van der Waals surface area contributed by atoms with Gasteiger partial charge in [-0.3, -0.25) is 4.90 Å². The van der Waals surface area contributed by atoms with Gasteiger partial charge < -0.3 is 9.64 Å². The van der Waals surface area contributed by atoms with Crippen LogP contribution in [0, 0.1) is 0 Å². The van der Waals surface area contributed by atoms with E-state index in [1.165, 1.54) is 11.1 Å². The van der Waals surface area contributed by atoms with E-state index in [4.69, 9.17) is 4.74 Å². The van der Waals surface area contributed by atoms with Gasteiger partial charge in [0.15, 0.2) is 0 Å². The van der Waals surface area contributed by atoms with Crippen LogP contribution in [0.15, 0.2) is 18.2 Å². The molecule has 1 aliphatic heterocycles. The fourth-order valence-corrected chi connectivity index (χ4v) is 2.33. The molecule has 0 bridgehead atoms. The van der Waals surface area contributed by atoms with E-state index in [1.807, 2.05) is 0 Å². The summed E-state index contributed by atoms with van der Waals surface area (Å²) in [6.45, 7) is 4.43. The van der Waals surface area contributed by atoms with Crippen molar-refractivity contribution in [3.63, 3.8) is 0 Å². The van der Waals surface area contributed by atoms with Crippen LogP contribution in [0.5, 0.6) is 5.75 Å². The molecule has 0 aliphatic carbocycles. The second kappa shape index (κ2) is 5.52. The second-order valence-electron chi connectivity index (χ2n) is 4.93. The van der Waals surface area contributed by atoms with Gasteiger partial charge in [0, 0.05) is 31.7 Å². The van der Waals surface area contributed by atoms with Crippen molar-refractivity contribution in [3.8, 4) is 5.75 Å². The Morgan fingerprint density at radius 2 is 2.18 bits per heavy atom. The molecule has 0 spiro atoms. The Kier molecular flexibility index (Phi) is 4.02. The monoisotopic (exact) mass is 234 g/mol. The van der Waals surface area contributed by atoms with E-state index in [-0.39, 0.29) is 0 Å². The zero-order valence-corrected chi connectivity index (χ0v) is 11.1. The van der Waals surface area contributed by atoms with Crippen molar-refractivity contribution < 1.29 is 4.74 Å². The number of rotatable bonds is 4. The van der Waals surface area contributed by atoms with E-state index in [0.717, 1.165) is 38.3 Å². The molecule has 0 saturated carbocycles. The van der Waals surface area contributed by atoms with Crippen LogP contribution in [-0.4, -0.2) is 50.6 Å². The molecular formula is C14H22N2O. The van der Waals surface area contributed by atoms with Gasteiger partial charge in [0.2, 0.25) is 0 Å². The first kappa shape index (κ1) is 12.4. The standard InChI is InChI=1S/C14H22N2O/c1-15(2)9-10-16-8-7-12-5-4-6-14(17-3)13(12)11-16/h4-6H,7-11H2,1-3H3. The van der Waals surface area contributed by atoms with Gasteiger partial charge in [-0.25, -0.2) is 0 Å². The maximum atomic E-state index is 5.45. The molecule has 0 amide bonds. The second-order valence-corrected chi connectivity index (χ2v) is 4.93. The summed E-state index contributed by atoms with van der Waals surface area (Å²) in [4.78, 5) is 4.74. The summed E-state index contributed by atoms with van der Waals surface area (Å²) in [6, 6.07) is 6.38. The van der Waals surface area contributed by atoms with E-state index in [0.29, 0.717) is 0 Å². The number of fused-ring (bicyclic) bond motifs is 1. The minimum absolute atomic E-state index is 1.02. The number of ether oxygens (including phenoxy) is 1. The van der Waals surface area contributed by atoms with Gasteiger partial charge in [-0.05, 0) is 32.1 Å². The largest absolute Gasteiger partial charge is 0.496 e. The lowest BCUT2D eigenvalue weighted by Crippen LogP contribution is -2.35. The average molecular weight is 234 g/mol. The van der Waals surface area contributed by atoms with Crippen LogP contribution in [0.3, 0.4) is 0 Å². The highest BCUT2D eigenvalue weighted by molar-refractivity contribution is 5.41. The minimum atomic E-state index is 1.02. The maximum Gasteiger partial charge on any atom is 0.123 e. The van der Waals surface area contributed by atoms with Gasteiger partial charge in [-0.1, -0.05) is 12.1 Å². The van der Waals surface area contributed by atoms with Gasteiger partial charge in [-0.2, -0.15) is 0 Å². The van der Waals surface area contributed by atoms with Crippen LogP contribution < -0.4 is 4.74 Å². The molecule has 3 nitrogen and oxygen atoms in total. The van der Waals surface area contributed by atoms with Crippen molar-refractivity contribution in [1.29, 1.82) is 0 Å². The number of hydrogen-bond donors (Lipinski definition) is 0. The highest BCUT2D eigenvalue weighted by Crippen LogP contribution is 2.27. The Bertz CT molecular complexity index is 362. The molecule has 0 saturated heterocycles. The predicted molar refractivity (Wildman–Crippen MR) is 70.5 cm³/mol. The third-order valence-corrected chi connectivity index (χ3v) is 3.39. The third kappa shape index (κ3) is 2.99. The normalized spacial score (nSPS) is 16.0. The Labute approximate surface area is 104 Å². The first-order valence-corrected chi connectivity index (χ1v) is 6.22. The van der Waals surface area contributed by atoms with Crippen LogP contribution in [-0.2, 0) is 13.0 Å². The van der Waals surface area contributed by atoms with Gasteiger partial charge in [0.25, 0.3) is 0 Å². The lowest BCUT2D eigenvalue weighted by atomic mass is 9.99. The average Bonchev–Trinajstić information content (AvgIpc) is 2.35. The molecule has 0 aromatic heterocycles. The van der Waals surface area contributed by atoms with E-state index in [1.54, 1.807) is 7.11 Å². The van der Waals surface area contributed by atoms with Gasteiger partial charge >= 0.3 is 0 Å². The summed E-state index contributed by atoms with van der Waals surface area (Å²) >= 11 is 0.